The standard InChI is InChI=1S/C21H20N4O3/c1-13(26)22-18-6-3-15(4-7-18)11-20(27)25-10-9-16-12-17(5-8-19(16)25)21-23-14(2)28-24-21/h3-8,12H,9-11H2,1-2H3,(H,22,26). The lowest BCUT2D eigenvalue weighted by atomic mass is 10.1. The number of amides is 2. The van der Waals surface area contributed by atoms with Gasteiger partial charge in [0.1, 0.15) is 0 Å². The molecule has 7 nitrogen and oxygen atoms in total. The number of anilines is 2. The van der Waals surface area contributed by atoms with E-state index in [2.05, 4.69) is 15.5 Å². The first-order valence-corrected chi connectivity index (χ1v) is 9.10. The lowest BCUT2D eigenvalue weighted by Crippen LogP contribution is -2.30. The van der Waals surface area contributed by atoms with Crippen molar-refractivity contribution in [2.24, 2.45) is 0 Å². The summed E-state index contributed by atoms with van der Waals surface area (Å²) in [5.74, 6) is 1.02. The summed E-state index contributed by atoms with van der Waals surface area (Å²) in [4.78, 5) is 30.0. The minimum Gasteiger partial charge on any atom is -0.339 e. The van der Waals surface area contributed by atoms with Crippen molar-refractivity contribution >= 4 is 23.2 Å². The van der Waals surface area contributed by atoms with Gasteiger partial charge in [-0.15, -0.1) is 0 Å². The number of fused-ring (bicyclic) bond motifs is 1. The largest absolute Gasteiger partial charge is 0.339 e. The van der Waals surface area contributed by atoms with Crippen molar-refractivity contribution in [3.63, 3.8) is 0 Å². The van der Waals surface area contributed by atoms with Gasteiger partial charge in [-0.2, -0.15) is 4.98 Å². The molecule has 2 aromatic carbocycles. The number of rotatable bonds is 4. The Labute approximate surface area is 162 Å². The number of nitrogens with zero attached hydrogens (tertiary/aromatic N) is 3. The highest BCUT2D eigenvalue weighted by Gasteiger charge is 2.25. The minimum absolute atomic E-state index is 0.0502. The topological polar surface area (TPSA) is 88.3 Å². The lowest BCUT2D eigenvalue weighted by molar-refractivity contribution is -0.118. The Hall–Kier alpha value is -3.48. The average molecular weight is 376 g/mol. The number of carbonyl (C=O) groups excluding carboxylic acids is 2. The van der Waals surface area contributed by atoms with Crippen molar-refractivity contribution in [2.45, 2.75) is 26.7 Å². The first-order chi connectivity index (χ1) is 13.5. The summed E-state index contributed by atoms with van der Waals surface area (Å²) in [5, 5.41) is 6.68. The van der Waals surface area contributed by atoms with Gasteiger partial charge in [-0.05, 0) is 47.9 Å². The molecule has 2 amide bonds. The van der Waals surface area contributed by atoms with E-state index in [0.29, 0.717) is 24.7 Å². The highest BCUT2D eigenvalue weighted by Crippen LogP contribution is 2.32. The molecule has 0 unspecified atom stereocenters. The van der Waals surface area contributed by atoms with Gasteiger partial charge >= 0.3 is 0 Å². The molecule has 0 bridgehead atoms. The van der Waals surface area contributed by atoms with Crippen molar-refractivity contribution < 1.29 is 14.1 Å². The maximum Gasteiger partial charge on any atom is 0.231 e. The zero-order chi connectivity index (χ0) is 19.7. The van der Waals surface area contributed by atoms with E-state index in [4.69, 9.17) is 4.52 Å². The molecule has 1 aliphatic heterocycles. The second-order valence-corrected chi connectivity index (χ2v) is 6.83. The second kappa shape index (κ2) is 7.26. The summed E-state index contributed by atoms with van der Waals surface area (Å²) < 4.78 is 5.04. The molecular weight excluding hydrogens is 356 g/mol. The first kappa shape index (κ1) is 17.9. The van der Waals surface area contributed by atoms with Crippen LogP contribution < -0.4 is 10.2 Å². The highest BCUT2D eigenvalue weighted by atomic mass is 16.5. The normalized spacial score (nSPS) is 12.7. The molecule has 2 heterocycles. The van der Waals surface area contributed by atoms with Gasteiger partial charge in [-0.3, -0.25) is 9.59 Å². The number of aromatic nitrogens is 2. The Morgan fingerprint density at radius 1 is 1.18 bits per heavy atom. The van der Waals surface area contributed by atoms with E-state index < -0.39 is 0 Å². The smallest absolute Gasteiger partial charge is 0.231 e. The Bertz CT molecular complexity index is 1040. The second-order valence-electron chi connectivity index (χ2n) is 6.83. The van der Waals surface area contributed by atoms with Gasteiger partial charge in [-0.25, -0.2) is 0 Å². The number of hydrogen-bond donors (Lipinski definition) is 1. The van der Waals surface area contributed by atoms with Crippen LogP contribution >= 0.6 is 0 Å². The zero-order valence-corrected chi connectivity index (χ0v) is 15.7. The van der Waals surface area contributed by atoms with Crippen LogP contribution in [0.4, 0.5) is 11.4 Å². The Kier molecular flexibility index (Phi) is 4.65. The van der Waals surface area contributed by atoms with Crippen LogP contribution in [0.25, 0.3) is 11.4 Å². The first-order valence-electron chi connectivity index (χ1n) is 9.10. The van der Waals surface area contributed by atoms with Gasteiger partial charge in [0, 0.05) is 37.3 Å². The van der Waals surface area contributed by atoms with E-state index in [0.717, 1.165) is 34.5 Å². The summed E-state index contributed by atoms with van der Waals surface area (Å²) in [6.45, 7) is 3.88. The maximum atomic E-state index is 12.8. The van der Waals surface area contributed by atoms with Crippen LogP contribution in [-0.2, 0) is 22.4 Å². The molecule has 1 N–H and O–H groups in total. The summed E-state index contributed by atoms with van der Waals surface area (Å²) >= 11 is 0. The predicted molar refractivity (Wildman–Crippen MR) is 105 cm³/mol. The molecule has 7 heteroatoms. The minimum atomic E-state index is -0.118. The molecule has 0 aliphatic carbocycles. The van der Waals surface area contributed by atoms with Gasteiger partial charge in [-0.1, -0.05) is 17.3 Å². The van der Waals surface area contributed by atoms with Gasteiger partial charge < -0.3 is 14.7 Å². The molecule has 4 rings (SSSR count). The molecule has 0 fully saturated rings. The Balaban J connectivity index is 1.48. The van der Waals surface area contributed by atoms with Crippen molar-refractivity contribution in [3.05, 3.63) is 59.5 Å². The van der Waals surface area contributed by atoms with Crippen LogP contribution in [0.5, 0.6) is 0 Å². The third-order valence-corrected chi connectivity index (χ3v) is 4.69. The molecule has 0 spiro atoms. The van der Waals surface area contributed by atoms with E-state index >= 15 is 0 Å². The highest BCUT2D eigenvalue weighted by molar-refractivity contribution is 5.97. The molecule has 0 saturated heterocycles. The molecule has 3 aromatic rings. The van der Waals surface area contributed by atoms with Crippen LogP contribution in [0.15, 0.2) is 47.0 Å². The SMILES string of the molecule is CC(=O)Nc1ccc(CC(=O)N2CCc3cc(-c4noc(C)n4)ccc32)cc1. The quantitative estimate of drug-likeness (QED) is 0.756. The average Bonchev–Trinajstić information content (AvgIpc) is 3.28. The number of benzene rings is 2. The monoisotopic (exact) mass is 376 g/mol. The van der Waals surface area contributed by atoms with E-state index in [-0.39, 0.29) is 11.8 Å². The van der Waals surface area contributed by atoms with Crippen molar-refractivity contribution in [2.75, 3.05) is 16.8 Å². The third kappa shape index (κ3) is 3.64. The molecule has 28 heavy (non-hydrogen) atoms. The molecular formula is C21H20N4O3. The third-order valence-electron chi connectivity index (χ3n) is 4.69. The molecule has 1 aliphatic rings. The molecule has 1 aromatic heterocycles. The number of hydrogen-bond acceptors (Lipinski definition) is 5. The van der Waals surface area contributed by atoms with Crippen LogP contribution in [0.2, 0.25) is 0 Å². The van der Waals surface area contributed by atoms with E-state index in [1.807, 2.05) is 35.2 Å². The van der Waals surface area contributed by atoms with Crippen LogP contribution in [0.3, 0.4) is 0 Å². The van der Waals surface area contributed by atoms with Crippen molar-refractivity contribution in [3.8, 4) is 11.4 Å². The number of nitrogens with one attached hydrogen (secondary N) is 1. The van der Waals surface area contributed by atoms with Crippen molar-refractivity contribution in [1.82, 2.24) is 10.1 Å². The van der Waals surface area contributed by atoms with E-state index in [1.54, 1.807) is 19.1 Å². The Morgan fingerprint density at radius 2 is 1.96 bits per heavy atom. The lowest BCUT2D eigenvalue weighted by Gasteiger charge is -2.17. The summed E-state index contributed by atoms with van der Waals surface area (Å²) in [5.41, 5.74) is 4.56. The van der Waals surface area contributed by atoms with E-state index in [1.165, 1.54) is 6.92 Å². The van der Waals surface area contributed by atoms with Gasteiger partial charge in [0.25, 0.3) is 0 Å². The van der Waals surface area contributed by atoms with Gasteiger partial charge in [0.15, 0.2) is 0 Å². The molecule has 0 atom stereocenters. The maximum absolute atomic E-state index is 12.8. The molecule has 0 saturated carbocycles. The predicted octanol–water partition coefficient (Wildman–Crippen LogP) is 3.14. The summed E-state index contributed by atoms with van der Waals surface area (Å²) in [7, 11) is 0. The Morgan fingerprint density at radius 3 is 2.64 bits per heavy atom. The molecule has 142 valence electrons. The van der Waals surface area contributed by atoms with Gasteiger partial charge in [0.05, 0.1) is 6.42 Å². The number of aryl methyl sites for hydroxylation is 1. The van der Waals surface area contributed by atoms with Crippen LogP contribution in [-0.4, -0.2) is 28.5 Å². The van der Waals surface area contributed by atoms with E-state index in [9.17, 15) is 9.59 Å². The fourth-order valence-electron chi connectivity index (χ4n) is 3.40. The van der Waals surface area contributed by atoms with Crippen LogP contribution in [0.1, 0.15) is 23.9 Å². The fourth-order valence-corrected chi connectivity index (χ4v) is 3.40. The zero-order valence-electron chi connectivity index (χ0n) is 15.7. The number of carbonyl (C=O) groups is 2. The summed E-state index contributed by atoms with van der Waals surface area (Å²) in [6, 6.07) is 13.2. The van der Waals surface area contributed by atoms with Crippen LogP contribution in [0, 0.1) is 6.92 Å². The summed E-state index contributed by atoms with van der Waals surface area (Å²) in [6.07, 6.45) is 1.11. The van der Waals surface area contributed by atoms with Gasteiger partial charge in [0.2, 0.25) is 23.5 Å². The van der Waals surface area contributed by atoms with Crippen molar-refractivity contribution in [1.29, 1.82) is 0 Å². The molecule has 0 radical (unpaired) electrons. The fraction of sp³-hybridized carbons (Fsp3) is 0.238.